The van der Waals surface area contributed by atoms with Gasteiger partial charge in [0.2, 0.25) is 5.91 Å². The Morgan fingerprint density at radius 3 is 2.46 bits per heavy atom. The van der Waals surface area contributed by atoms with Crippen molar-refractivity contribution in [2.45, 2.75) is 39.1 Å². The van der Waals surface area contributed by atoms with Crippen LogP contribution < -0.4 is 15.6 Å². The molecule has 0 saturated carbocycles. The summed E-state index contributed by atoms with van der Waals surface area (Å²) in [6, 6.07) is 17.1. The Hall–Kier alpha value is -3.79. The van der Waals surface area contributed by atoms with E-state index in [1.54, 1.807) is 18.7 Å². The number of aromatic nitrogens is 5. The molecule has 2 aromatic heterocycles. The van der Waals surface area contributed by atoms with Crippen molar-refractivity contribution in [3.63, 3.8) is 0 Å². The molecule has 10 heteroatoms. The predicted molar refractivity (Wildman–Crippen MR) is 136 cm³/mol. The van der Waals surface area contributed by atoms with Gasteiger partial charge >= 0.3 is 0 Å². The van der Waals surface area contributed by atoms with Crippen molar-refractivity contribution in [3.05, 3.63) is 82.0 Å². The van der Waals surface area contributed by atoms with Crippen molar-refractivity contribution >= 4 is 23.4 Å². The molecular weight excluding hydrogens is 464 g/mol. The molecule has 0 atom stereocenters. The number of nitrogens with one attached hydrogen (secondary N) is 1. The molecule has 1 N–H and O–H groups in total. The first-order valence-electron chi connectivity index (χ1n) is 11.3. The SMILES string of the molecule is CCn1c(COc2ccc(C)cc2)nnc1SCC(=O)Nc1c(C)n(C)n(-c2ccccc2)c1=O. The molecule has 2 aromatic carbocycles. The molecule has 0 aliphatic heterocycles. The number of hydrogen-bond acceptors (Lipinski definition) is 6. The first-order valence-corrected chi connectivity index (χ1v) is 12.3. The van der Waals surface area contributed by atoms with Crippen LogP contribution in [0.25, 0.3) is 5.69 Å². The quantitative estimate of drug-likeness (QED) is 0.358. The molecule has 0 bridgehead atoms. The highest BCUT2D eigenvalue weighted by molar-refractivity contribution is 7.99. The smallest absolute Gasteiger partial charge is 0.295 e. The summed E-state index contributed by atoms with van der Waals surface area (Å²) in [5.74, 6) is 1.25. The standard InChI is InChI=1S/C25H28N6O3S/c1-5-30-21(15-34-20-13-11-17(2)12-14-20)27-28-25(30)35-16-22(32)26-23-18(3)29(4)31(24(23)33)19-9-7-6-8-10-19/h6-14H,5,15-16H2,1-4H3,(H,26,32). The topological polar surface area (TPSA) is 96.0 Å². The molecule has 182 valence electrons. The highest BCUT2D eigenvalue weighted by atomic mass is 32.2. The van der Waals surface area contributed by atoms with E-state index in [-0.39, 0.29) is 29.5 Å². The van der Waals surface area contributed by atoms with Gasteiger partial charge in [0.15, 0.2) is 11.0 Å². The molecule has 2 heterocycles. The van der Waals surface area contributed by atoms with Crippen LogP contribution in [-0.4, -0.2) is 35.8 Å². The molecule has 0 aliphatic carbocycles. The Kier molecular flexibility index (Phi) is 7.40. The van der Waals surface area contributed by atoms with E-state index in [1.165, 1.54) is 16.4 Å². The summed E-state index contributed by atoms with van der Waals surface area (Å²) in [5, 5.41) is 11.9. The molecule has 4 aromatic rings. The average molecular weight is 493 g/mol. The summed E-state index contributed by atoms with van der Waals surface area (Å²) in [6.07, 6.45) is 0. The summed E-state index contributed by atoms with van der Waals surface area (Å²) >= 11 is 1.27. The number of nitrogens with zero attached hydrogens (tertiary/aromatic N) is 5. The maximum atomic E-state index is 13.0. The van der Waals surface area contributed by atoms with Gasteiger partial charge in [0.05, 0.1) is 17.1 Å². The molecule has 9 nitrogen and oxygen atoms in total. The van der Waals surface area contributed by atoms with Crippen LogP contribution in [0.4, 0.5) is 5.69 Å². The number of anilines is 1. The van der Waals surface area contributed by atoms with E-state index in [0.717, 1.165) is 17.0 Å². The number of rotatable bonds is 9. The number of benzene rings is 2. The summed E-state index contributed by atoms with van der Waals surface area (Å²) in [6.45, 7) is 6.73. The second-order valence-electron chi connectivity index (χ2n) is 8.02. The number of carbonyl (C=O) groups excluding carboxylic acids is 1. The number of aryl methyl sites for hydroxylation is 1. The van der Waals surface area contributed by atoms with Crippen LogP contribution in [0, 0.1) is 13.8 Å². The second-order valence-corrected chi connectivity index (χ2v) is 8.96. The van der Waals surface area contributed by atoms with Gasteiger partial charge in [0, 0.05) is 13.6 Å². The molecular formula is C25H28N6O3S. The number of amides is 1. The summed E-state index contributed by atoms with van der Waals surface area (Å²) in [5.41, 5.74) is 2.56. The zero-order chi connectivity index (χ0) is 24.9. The number of carbonyl (C=O) groups is 1. The van der Waals surface area contributed by atoms with E-state index >= 15 is 0 Å². The normalized spacial score (nSPS) is 11.0. The molecule has 0 aliphatic rings. The highest BCUT2D eigenvalue weighted by Crippen LogP contribution is 2.20. The lowest BCUT2D eigenvalue weighted by atomic mass is 10.2. The van der Waals surface area contributed by atoms with Gasteiger partial charge in [0.1, 0.15) is 18.0 Å². The first-order chi connectivity index (χ1) is 16.9. The minimum atomic E-state index is -0.288. The third-order valence-electron chi connectivity index (χ3n) is 5.65. The Balaban J connectivity index is 1.41. The third-order valence-corrected chi connectivity index (χ3v) is 6.62. The van der Waals surface area contributed by atoms with E-state index in [0.29, 0.717) is 23.2 Å². The van der Waals surface area contributed by atoms with E-state index in [9.17, 15) is 9.59 Å². The minimum absolute atomic E-state index is 0.0933. The molecule has 0 radical (unpaired) electrons. The molecule has 0 unspecified atom stereocenters. The van der Waals surface area contributed by atoms with Gasteiger partial charge in [-0.3, -0.25) is 14.3 Å². The van der Waals surface area contributed by atoms with Crippen LogP contribution in [-0.2, 0) is 25.0 Å². The van der Waals surface area contributed by atoms with E-state index < -0.39 is 0 Å². The van der Waals surface area contributed by atoms with Gasteiger partial charge in [-0.2, -0.15) is 0 Å². The lowest BCUT2D eigenvalue weighted by molar-refractivity contribution is -0.113. The van der Waals surface area contributed by atoms with Crippen molar-refractivity contribution < 1.29 is 9.53 Å². The van der Waals surface area contributed by atoms with E-state index in [2.05, 4.69) is 15.5 Å². The predicted octanol–water partition coefficient (Wildman–Crippen LogP) is 3.71. The number of hydrogen-bond donors (Lipinski definition) is 1. The second kappa shape index (κ2) is 10.6. The van der Waals surface area contributed by atoms with Crippen molar-refractivity contribution in [1.29, 1.82) is 0 Å². The van der Waals surface area contributed by atoms with Gasteiger partial charge in [-0.25, -0.2) is 4.68 Å². The summed E-state index contributed by atoms with van der Waals surface area (Å²) in [7, 11) is 1.79. The van der Waals surface area contributed by atoms with Crippen LogP contribution in [0.3, 0.4) is 0 Å². The third kappa shape index (κ3) is 5.32. The maximum Gasteiger partial charge on any atom is 0.295 e. The van der Waals surface area contributed by atoms with Gasteiger partial charge in [0.25, 0.3) is 5.56 Å². The zero-order valence-corrected chi connectivity index (χ0v) is 21.0. The van der Waals surface area contributed by atoms with Crippen LogP contribution in [0.15, 0.2) is 64.5 Å². The summed E-state index contributed by atoms with van der Waals surface area (Å²) in [4.78, 5) is 25.7. The number of thioether (sulfide) groups is 1. The van der Waals surface area contributed by atoms with Crippen LogP contribution in [0.1, 0.15) is 24.0 Å². The summed E-state index contributed by atoms with van der Waals surface area (Å²) < 4.78 is 11.0. The molecule has 0 fully saturated rings. The molecule has 0 saturated heterocycles. The lowest BCUT2D eigenvalue weighted by Gasteiger charge is -2.09. The molecule has 35 heavy (non-hydrogen) atoms. The first kappa shape index (κ1) is 24.3. The Morgan fingerprint density at radius 1 is 1.06 bits per heavy atom. The Bertz CT molecular complexity index is 1370. The number of ether oxygens (including phenoxy) is 1. The fraction of sp³-hybridized carbons (Fsp3) is 0.280. The lowest BCUT2D eigenvalue weighted by Crippen LogP contribution is -2.23. The van der Waals surface area contributed by atoms with Crippen molar-refractivity contribution in [3.8, 4) is 11.4 Å². The Labute approximate surface area is 207 Å². The average Bonchev–Trinajstić information content (AvgIpc) is 3.36. The largest absolute Gasteiger partial charge is 0.486 e. The molecule has 0 spiro atoms. The molecule has 4 rings (SSSR count). The van der Waals surface area contributed by atoms with Gasteiger partial charge < -0.3 is 14.6 Å². The van der Waals surface area contributed by atoms with Crippen LogP contribution >= 0.6 is 11.8 Å². The van der Waals surface area contributed by atoms with E-state index in [1.807, 2.05) is 73.0 Å². The fourth-order valence-corrected chi connectivity index (χ4v) is 4.47. The fourth-order valence-electron chi connectivity index (χ4n) is 3.65. The van der Waals surface area contributed by atoms with E-state index in [4.69, 9.17) is 4.74 Å². The highest BCUT2D eigenvalue weighted by Gasteiger charge is 2.19. The zero-order valence-electron chi connectivity index (χ0n) is 20.2. The van der Waals surface area contributed by atoms with Crippen molar-refractivity contribution in [2.24, 2.45) is 7.05 Å². The van der Waals surface area contributed by atoms with Crippen LogP contribution in [0.2, 0.25) is 0 Å². The minimum Gasteiger partial charge on any atom is -0.486 e. The monoisotopic (exact) mass is 492 g/mol. The van der Waals surface area contributed by atoms with Gasteiger partial charge in [-0.15, -0.1) is 10.2 Å². The Morgan fingerprint density at radius 2 is 1.77 bits per heavy atom. The van der Waals surface area contributed by atoms with Crippen LogP contribution in [0.5, 0.6) is 5.75 Å². The van der Waals surface area contributed by atoms with Crippen molar-refractivity contribution in [2.75, 3.05) is 11.1 Å². The maximum absolute atomic E-state index is 13.0. The number of para-hydroxylation sites is 1. The van der Waals surface area contributed by atoms with Crippen molar-refractivity contribution in [1.82, 2.24) is 24.1 Å². The van der Waals surface area contributed by atoms with Gasteiger partial charge in [-0.05, 0) is 45.0 Å². The molecule has 1 amide bonds. The van der Waals surface area contributed by atoms with Gasteiger partial charge in [-0.1, -0.05) is 47.7 Å².